The highest BCUT2D eigenvalue weighted by Crippen LogP contribution is 2.15. The van der Waals surface area contributed by atoms with E-state index in [2.05, 4.69) is 31.7 Å². The minimum Gasteiger partial charge on any atom is -0.350 e. The number of carbonyl (C=O) groups excluding carboxylic acids is 1. The summed E-state index contributed by atoms with van der Waals surface area (Å²) in [6.07, 6.45) is 3.29. The minimum atomic E-state index is -0.117. The molecule has 1 atom stereocenters. The van der Waals surface area contributed by atoms with Gasteiger partial charge in [-0.15, -0.1) is 12.4 Å². The Morgan fingerprint density at radius 3 is 2.90 bits per heavy atom. The Kier molecular flexibility index (Phi) is 6.87. The standard InChI is InChI=1S/C14H17BrN4O.ClH/c1-10(16-2)7-17-14(20)11-8-18-19(9-11)13-5-3-4-12(15)6-13;/h3-6,8-10,16H,7H2,1-2H3,(H,17,20);1H. The summed E-state index contributed by atoms with van der Waals surface area (Å²) in [4.78, 5) is 12.0. The molecule has 1 heterocycles. The van der Waals surface area contributed by atoms with Crippen LogP contribution in [0, 0.1) is 0 Å². The van der Waals surface area contributed by atoms with Gasteiger partial charge in [-0.05, 0) is 32.2 Å². The van der Waals surface area contributed by atoms with Gasteiger partial charge in [0.25, 0.3) is 5.91 Å². The minimum absolute atomic E-state index is 0. The molecule has 1 unspecified atom stereocenters. The van der Waals surface area contributed by atoms with Gasteiger partial charge in [-0.25, -0.2) is 4.68 Å². The van der Waals surface area contributed by atoms with Crippen LogP contribution in [0.3, 0.4) is 0 Å². The lowest BCUT2D eigenvalue weighted by molar-refractivity contribution is 0.0950. The first-order valence-electron chi connectivity index (χ1n) is 6.36. The van der Waals surface area contributed by atoms with Gasteiger partial charge in [-0.3, -0.25) is 4.79 Å². The van der Waals surface area contributed by atoms with E-state index in [0.29, 0.717) is 12.1 Å². The van der Waals surface area contributed by atoms with E-state index in [-0.39, 0.29) is 24.4 Å². The van der Waals surface area contributed by atoms with E-state index in [9.17, 15) is 4.79 Å². The van der Waals surface area contributed by atoms with Crippen molar-refractivity contribution < 1.29 is 4.79 Å². The number of hydrogen-bond acceptors (Lipinski definition) is 3. The van der Waals surface area contributed by atoms with Gasteiger partial charge in [-0.1, -0.05) is 22.0 Å². The quantitative estimate of drug-likeness (QED) is 0.846. The third-order valence-electron chi connectivity index (χ3n) is 2.98. The van der Waals surface area contributed by atoms with Crippen LogP contribution < -0.4 is 10.6 Å². The van der Waals surface area contributed by atoms with Crippen molar-refractivity contribution in [3.8, 4) is 5.69 Å². The molecule has 0 spiro atoms. The molecule has 0 radical (unpaired) electrons. The Balaban J connectivity index is 0.00000220. The molecule has 1 aromatic carbocycles. The van der Waals surface area contributed by atoms with Gasteiger partial charge in [0.15, 0.2) is 0 Å². The summed E-state index contributed by atoms with van der Waals surface area (Å²) < 4.78 is 2.65. The van der Waals surface area contributed by atoms with Gasteiger partial charge in [0.05, 0.1) is 17.4 Å². The number of amides is 1. The van der Waals surface area contributed by atoms with Crippen molar-refractivity contribution in [2.24, 2.45) is 0 Å². The van der Waals surface area contributed by atoms with Crippen LogP contribution in [0.2, 0.25) is 0 Å². The zero-order valence-electron chi connectivity index (χ0n) is 11.8. The molecule has 1 amide bonds. The van der Waals surface area contributed by atoms with E-state index in [1.165, 1.54) is 0 Å². The summed E-state index contributed by atoms with van der Waals surface area (Å²) in [6, 6.07) is 7.98. The third-order valence-corrected chi connectivity index (χ3v) is 3.47. The smallest absolute Gasteiger partial charge is 0.254 e. The Labute approximate surface area is 138 Å². The molecule has 2 rings (SSSR count). The number of nitrogens with one attached hydrogen (secondary N) is 2. The Morgan fingerprint density at radius 1 is 1.48 bits per heavy atom. The van der Waals surface area contributed by atoms with Crippen molar-refractivity contribution in [2.75, 3.05) is 13.6 Å². The number of hydrogen-bond donors (Lipinski definition) is 2. The lowest BCUT2D eigenvalue weighted by Gasteiger charge is -2.10. The number of benzene rings is 1. The molecule has 0 bridgehead atoms. The predicted molar refractivity (Wildman–Crippen MR) is 89.4 cm³/mol. The van der Waals surface area contributed by atoms with Crippen molar-refractivity contribution in [1.82, 2.24) is 20.4 Å². The van der Waals surface area contributed by atoms with Crippen molar-refractivity contribution in [2.45, 2.75) is 13.0 Å². The van der Waals surface area contributed by atoms with Gasteiger partial charge in [-0.2, -0.15) is 5.10 Å². The molecular formula is C14H18BrClN4O. The van der Waals surface area contributed by atoms with Crippen LogP contribution in [0.25, 0.3) is 5.69 Å². The first-order chi connectivity index (χ1) is 9.60. The number of rotatable bonds is 5. The van der Waals surface area contributed by atoms with Gasteiger partial charge < -0.3 is 10.6 Å². The van der Waals surface area contributed by atoms with Gasteiger partial charge >= 0.3 is 0 Å². The van der Waals surface area contributed by atoms with Crippen LogP contribution in [0.4, 0.5) is 0 Å². The molecule has 0 fully saturated rings. The number of likely N-dealkylation sites (N-methyl/N-ethyl adjacent to an activating group) is 1. The van der Waals surface area contributed by atoms with Crippen LogP contribution >= 0.6 is 28.3 Å². The number of aromatic nitrogens is 2. The molecule has 5 nitrogen and oxygen atoms in total. The van der Waals surface area contributed by atoms with Crippen molar-refractivity contribution in [3.63, 3.8) is 0 Å². The van der Waals surface area contributed by atoms with Crippen molar-refractivity contribution in [1.29, 1.82) is 0 Å². The molecule has 2 aromatic rings. The second-order valence-corrected chi connectivity index (χ2v) is 5.47. The van der Waals surface area contributed by atoms with E-state index < -0.39 is 0 Å². The van der Waals surface area contributed by atoms with E-state index in [1.54, 1.807) is 17.1 Å². The molecule has 21 heavy (non-hydrogen) atoms. The fourth-order valence-corrected chi connectivity index (χ4v) is 2.04. The number of halogens is 2. The SMILES string of the molecule is CNC(C)CNC(=O)c1cnn(-c2cccc(Br)c2)c1.Cl. The number of carbonyl (C=O) groups is 1. The molecule has 1 aromatic heterocycles. The van der Waals surface area contributed by atoms with E-state index >= 15 is 0 Å². The van der Waals surface area contributed by atoms with Crippen LogP contribution in [0.1, 0.15) is 17.3 Å². The maximum atomic E-state index is 12.0. The summed E-state index contributed by atoms with van der Waals surface area (Å²) >= 11 is 3.42. The summed E-state index contributed by atoms with van der Waals surface area (Å²) in [5.41, 5.74) is 1.45. The summed E-state index contributed by atoms with van der Waals surface area (Å²) in [6.45, 7) is 2.59. The second-order valence-electron chi connectivity index (χ2n) is 4.55. The summed E-state index contributed by atoms with van der Waals surface area (Å²) in [7, 11) is 1.86. The van der Waals surface area contributed by atoms with E-state index in [1.807, 2.05) is 38.2 Å². The maximum absolute atomic E-state index is 12.0. The molecular weight excluding hydrogens is 356 g/mol. The molecule has 0 saturated carbocycles. The van der Waals surface area contributed by atoms with Gasteiger partial charge in [0.2, 0.25) is 0 Å². The second kappa shape index (κ2) is 8.17. The molecule has 0 aliphatic rings. The van der Waals surface area contributed by atoms with Gasteiger partial charge in [0.1, 0.15) is 0 Å². The van der Waals surface area contributed by atoms with Crippen LogP contribution in [-0.2, 0) is 0 Å². The van der Waals surface area contributed by atoms with E-state index in [0.717, 1.165) is 10.2 Å². The largest absolute Gasteiger partial charge is 0.350 e. The molecule has 2 N–H and O–H groups in total. The number of nitrogens with zero attached hydrogens (tertiary/aromatic N) is 2. The summed E-state index contributed by atoms with van der Waals surface area (Å²) in [5, 5.41) is 10.1. The monoisotopic (exact) mass is 372 g/mol. The average molecular weight is 374 g/mol. The molecule has 0 aliphatic heterocycles. The van der Waals surface area contributed by atoms with E-state index in [4.69, 9.17) is 0 Å². The Morgan fingerprint density at radius 2 is 2.24 bits per heavy atom. The highest BCUT2D eigenvalue weighted by atomic mass is 79.9. The zero-order valence-corrected chi connectivity index (χ0v) is 14.2. The van der Waals surface area contributed by atoms with Gasteiger partial charge in [0, 0.05) is 23.3 Å². The van der Waals surface area contributed by atoms with Crippen molar-refractivity contribution >= 4 is 34.2 Å². The normalized spacial score (nSPS) is 11.6. The lowest BCUT2D eigenvalue weighted by Crippen LogP contribution is -2.37. The average Bonchev–Trinajstić information content (AvgIpc) is 2.94. The van der Waals surface area contributed by atoms with Crippen LogP contribution in [-0.4, -0.2) is 35.3 Å². The maximum Gasteiger partial charge on any atom is 0.254 e. The Hall–Kier alpha value is -1.37. The predicted octanol–water partition coefficient (Wildman–Crippen LogP) is 2.39. The Bertz CT molecular complexity index is 602. The molecule has 114 valence electrons. The fourth-order valence-electron chi connectivity index (χ4n) is 1.65. The third kappa shape index (κ3) is 4.84. The zero-order chi connectivity index (χ0) is 14.5. The molecule has 0 aliphatic carbocycles. The highest BCUT2D eigenvalue weighted by molar-refractivity contribution is 9.10. The topological polar surface area (TPSA) is 58.9 Å². The molecule has 0 saturated heterocycles. The lowest BCUT2D eigenvalue weighted by atomic mass is 10.3. The first kappa shape index (κ1) is 17.7. The highest BCUT2D eigenvalue weighted by Gasteiger charge is 2.10. The van der Waals surface area contributed by atoms with Crippen LogP contribution in [0.15, 0.2) is 41.1 Å². The van der Waals surface area contributed by atoms with Crippen molar-refractivity contribution in [3.05, 3.63) is 46.7 Å². The fraction of sp³-hybridized carbons (Fsp3) is 0.286. The van der Waals surface area contributed by atoms with Crippen LogP contribution in [0.5, 0.6) is 0 Å². The molecule has 7 heteroatoms. The first-order valence-corrected chi connectivity index (χ1v) is 7.15. The summed E-state index contributed by atoms with van der Waals surface area (Å²) in [5.74, 6) is -0.117.